The number of hydrogen-bond donors (Lipinski definition) is 1. The molecule has 1 aromatic rings. The SMILES string of the molecule is COC(=O)C(=CNc1cc2c(oc1=O)CCCC2=O)C(=O)OC. The van der Waals surface area contributed by atoms with Crippen LogP contribution in [-0.4, -0.2) is 31.9 Å². The average molecular weight is 321 g/mol. The summed E-state index contributed by atoms with van der Waals surface area (Å²) in [5.74, 6) is -1.63. The van der Waals surface area contributed by atoms with Crippen LogP contribution < -0.4 is 10.9 Å². The van der Waals surface area contributed by atoms with E-state index in [1.807, 2.05) is 0 Å². The highest BCUT2D eigenvalue weighted by Gasteiger charge is 2.23. The molecule has 1 aliphatic rings. The van der Waals surface area contributed by atoms with E-state index in [2.05, 4.69) is 14.8 Å². The van der Waals surface area contributed by atoms with Crippen LogP contribution in [0.25, 0.3) is 0 Å². The molecule has 1 aliphatic carbocycles. The molecule has 0 saturated carbocycles. The number of hydrogen-bond acceptors (Lipinski definition) is 8. The zero-order chi connectivity index (χ0) is 17.0. The molecular weight excluding hydrogens is 306 g/mol. The number of anilines is 1. The van der Waals surface area contributed by atoms with E-state index < -0.39 is 23.1 Å². The lowest BCUT2D eigenvalue weighted by atomic mass is 9.96. The lowest BCUT2D eigenvalue weighted by Gasteiger charge is -2.13. The highest BCUT2D eigenvalue weighted by atomic mass is 16.5. The van der Waals surface area contributed by atoms with Crippen molar-refractivity contribution in [2.24, 2.45) is 0 Å². The summed E-state index contributed by atoms with van der Waals surface area (Å²) in [5, 5.41) is 2.49. The molecule has 8 nitrogen and oxygen atoms in total. The summed E-state index contributed by atoms with van der Waals surface area (Å²) in [4.78, 5) is 46.8. The van der Waals surface area contributed by atoms with Crippen LogP contribution in [0, 0.1) is 0 Å². The molecule has 1 N–H and O–H groups in total. The molecule has 0 saturated heterocycles. The highest BCUT2D eigenvalue weighted by Crippen LogP contribution is 2.22. The minimum absolute atomic E-state index is 0.0655. The monoisotopic (exact) mass is 321 g/mol. The number of fused-ring (bicyclic) bond motifs is 1. The van der Waals surface area contributed by atoms with E-state index in [0.717, 1.165) is 20.4 Å². The Morgan fingerprint density at radius 1 is 1.17 bits per heavy atom. The van der Waals surface area contributed by atoms with Crippen molar-refractivity contribution < 1.29 is 28.3 Å². The van der Waals surface area contributed by atoms with Crippen LogP contribution in [0.2, 0.25) is 0 Å². The largest absolute Gasteiger partial charge is 0.465 e. The zero-order valence-corrected chi connectivity index (χ0v) is 12.6. The van der Waals surface area contributed by atoms with Gasteiger partial charge in [-0.3, -0.25) is 4.79 Å². The minimum Gasteiger partial charge on any atom is -0.465 e. The average Bonchev–Trinajstić information content (AvgIpc) is 2.55. The fourth-order valence-corrected chi connectivity index (χ4v) is 2.14. The van der Waals surface area contributed by atoms with Crippen LogP contribution >= 0.6 is 0 Å². The second-order valence-corrected chi connectivity index (χ2v) is 4.75. The number of carbonyl (C=O) groups is 3. The van der Waals surface area contributed by atoms with E-state index in [-0.39, 0.29) is 11.5 Å². The number of ketones is 1. The number of rotatable bonds is 4. The van der Waals surface area contributed by atoms with Crippen LogP contribution in [0.3, 0.4) is 0 Å². The molecule has 122 valence electrons. The summed E-state index contributed by atoms with van der Waals surface area (Å²) in [6, 6.07) is 1.35. The molecule has 0 aromatic carbocycles. The lowest BCUT2D eigenvalue weighted by Crippen LogP contribution is -2.19. The topological polar surface area (TPSA) is 112 Å². The second kappa shape index (κ2) is 6.91. The molecule has 0 amide bonds. The Kier molecular flexibility index (Phi) is 4.95. The van der Waals surface area contributed by atoms with Crippen molar-refractivity contribution in [1.82, 2.24) is 0 Å². The number of esters is 2. The normalized spacial score (nSPS) is 12.9. The fourth-order valence-electron chi connectivity index (χ4n) is 2.14. The van der Waals surface area contributed by atoms with Gasteiger partial charge < -0.3 is 19.2 Å². The van der Waals surface area contributed by atoms with Gasteiger partial charge in [0.2, 0.25) is 0 Å². The number of carbonyl (C=O) groups excluding carboxylic acids is 3. The van der Waals surface area contributed by atoms with Crippen LogP contribution in [0.4, 0.5) is 5.69 Å². The molecule has 0 unspecified atom stereocenters. The van der Waals surface area contributed by atoms with E-state index in [1.54, 1.807) is 0 Å². The molecule has 0 radical (unpaired) electrons. The summed E-state index contributed by atoms with van der Waals surface area (Å²) >= 11 is 0. The van der Waals surface area contributed by atoms with E-state index in [0.29, 0.717) is 30.6 Å². The molecule has 0 bridgehead atoms. The molecule has 23 heavy (non-hydrogen) atoms. The first-order valence-corrected chi connectivity index (χ1v) is 6.81. The van der Waals surface area contributed by atoms with Gasteiger partial charge in [-0.05, 0) is 12.5 Å². The Balaban J connectivity index is 2.35. The van der Waals surface area contributed by atoms with Crippen LogP contribution in [0.1, 0.15) is 29.0 Å². The van der Waals surface area contributed by atoms with Gasteiger partial charge in [-0.1, -0.05) is 0 Å². The molecule has 2 rings (SSSR count). The number of ether oxygens (including phenoxy) is 2. The third-order valence-corrected chi connectivity index (χ3v) is 3.32. The van der Waals surface area contributed by atoms with Gasteiger partial charge in [-0.25, -0.2) is 14.4 Å². The van der Waals surface area contributed by atoms with Gasteiger partial charge in [-0.15, -0.1) is 0 Å². The maximum atomic E-state index is 11.9. The Morgan fingerprint density at radius 3 is 2.43 bits per heavy atom. The standard InChI is InChI=1S/C15H15NO7/c1-21-13(18)9(14(19)22-2)7-16-10-6-8-11(17)4-3-5-12(8)23-15(10)20/h6-7,16H,3-5H2,1-2H3. The van der Waals surface area contributed by atoms with E-state index in [9.17, 15) is 19.2 Å². The van der Waals surface area contributed by atoms with E-state index >= 15 is 0 Å². The smallest absolute Gasteiger partial charge is 0.359 e. The molecular formula is C15H15NO7. The van der Waals surface area contributed by atoms with Crippen molar-refractivity contribution in [1.29, 1.82) is 0 Å². The molecule has 0 atom stereocenters. The Labute approximate surface area is 131 Å². The van der Waals surface area contributed by atoms with Crippen molar-refractivity contribution in [3.8, 4) is 0 Å². The Morgan fingerprint density at radius 2 is 1.83 bits per heavy atom. The number of aryl methyl sites for hydroxylation is 1. The zero-order valence-electron chi connectivity index (χ0n) is 12.6. The highest BCUT2D eigenvalue weighted by molar-refractivity contribution is 6.14. The molecule has 0 spiro atoms. The van der Waals surface area contributed by atoms with Gasteiger partial charge >= 0.3 is 17.6 Å². The van der Waals surface area contributed by atoms with Gasteiger partial charge in [0.25, 0.3) is 0 Å². The number of nitrogens with one attached hydrogen (secondary N) is 1. The third kappa shape index (κ3) is 3.47. The van der Waals surface area contributed by atoms with E-state index in [1.165, 1.54) is 6.07 Å². The number of methoxy groups -OCH3 is 2. The van der Waals surface area contributed by atoms with Crippen molar-refractivity contribution in [2.45, 2.75) is 19.3 Å². The Hall–Kier alpha value is -2.90. The quantitative estimate of drug-likeness (QED) is 0.375. The fraction of sp³-hybridized carbons (Fsp3) is 0.333. The van der Waals surface area contributed by atoms with Crippen molar-refractivity contribution in [3.63, 3.8) is 0 Å². The minimum atomic E-state index is -0.928. The first kappa shape index (κ1) is 16.5. The predicted molar refractivity (Wildman–Crippen MR) is 78.0 cm³/mol. The first-order valence-electron chi connectivity index (χ1n) is 6.81. The first-order chi connectivity index (χ1) is 11.0. The van der Waals surface area contributed by atoms with Crippen LogP contribution in [0.15, 0.2) is 27.1 Å². The summed E-state index contributed by atoms with van der Waals surface area (Å²) in [6.45, 7) is 0. The number of Topliss-reactive ketones (excluding diaryl/α,β-unsaturated/α-hetero) is 1. The molecule has 1 heterocycles. The van der Waals surface area contributed by atoms with Crippen molar-refractivity contribution in [3.05, 3.63) is 39.6 Å². The third-order valence-electron chi connectivity index (χ3n) is 3.32. The molecule has 1 aromatic heterocycles. The van der Waals surface area contributed by atoms with Crippen LogP contribution in [-0.2, 0) is 25.5 Å². The van der Waals surface area contributed by atoms with Crippen molar-refractivity contribution in [2.75, 3.05) is 19.5 Å². The summed E-state index contributed by atoms with van der Waals surface area (Å²) in [7, 11) is 2.20. The Bertz CT molecular complexity index is 727. The molecule has 0 fully saturated rings. The van der Waals surface area contributed by atoms with Gasteiger partial charge in [0.05, 0.1) is 19.8 Å². The van der Waals surface area contributed by atoms with Crippen LogP contribution in [0.5, 0.6) is 0 Å². The molecule has 8 heteroatoms. The van der Waals surface area contributed by atoms with Gasteiger partial charge in [0.15, 0.2) is 11.4 Å². The predicted octanol–water partition coefficient (Wildman–Crippen LogP) is 0.801. The second-order valence-electron chi connectivity index (χ2n) is 4.75. The van der Waals surface area contributed by atoms with Crippen molar-refractivity contribution >= 4 is 23.4 Å². The maximum absolute atomic E-state index is 11.9. The van der Waals surface area contributed by atoms with E-state index in [4.69, 9.17) is 4.42 Å². The molecule has 0 aliphatic heterocycles. The summed E-state index contributed by atoms with van der Waals surface area (Å²) in [6.07, 6.45) is 2.51. The maximum Gasteiger partial charge on any atom is 0.359 e. The summed E-state index contributed by atoms with van der Waals surface area (Å²) < 4.78 is 14.0. The van der Waals surface area contributed by atoms with Gasteiger partial charge in [0, 0.05) is 19.0 Å². The summed E-state index contributed by atoms with van der Waals surface area (Å²) in [5.41, 5.74) is -0.879. The van der Waals surface area contributed by atoms with Gasteiger partial charge in [0.1, 0.15) is 11.4 Å². The lowest BCUT2D eigenvalue weighted by molar-refractivity contribution is -0.144. The van der Waals surface area contributed by atoms with Gasteiger partial charge in [-0.2, -0.15) is 0 Å².